The lowest BCUT2D eigenvalue weighted by molar-refractivity contribution is 0.0946. The van der Waals surface area contributed by atoms with Crippen molar-refractivity contribution in [2.75, 3.05) is 7.11 Å². The molecule has 0 spiro atoms. The van der Waals surface area contributed by atoms with Crippen molar-refractivity contribution in [1.82, 2.24) is 10.5 Å². The van der Waals surface area contributed by atoms with Gasteiger partial charge < -0.3 is 19.0 Å². The monoisotopic (exact) mass is 382 g/mol. The largest absolute Gasteiger partial charge is 0.493 e. The predicted octanol–water partition coefficient (Wildman–Crippen LogP) is 3.45. The molecule has 0 fully saturated rings. The minimum Gasteiger partial charge on any atom is -0.493 e. The van der Waals surface area contributed by atoms with Gasteiger partial charge in [0.2, 0.25) is 0 Å². The zero-order chi connectivity index (χ0) is 18.8. The molecule has 0 atom stereocenters. The molecule has 0 aliphatic heterocycles. The van der Waals surface area contributed by atoms with Crippen LogP contribution in [-0.2, 0) is 6.54 Å². The van der Waals surface area contributed by atoms with E-state index in [1.807, 2.05) is 17.5 Å². The molecule has 0 bridgehead atoms. The lowest BCUT2D eigenvalue weighted by atomic mass is 10.1. The van der Waals surface area contributed by atoms with E-state index >= 15 is 0 Å². The van der Waals surface area contributed by atoms with Crippen molar-refractivity contribution in [1.29, 1.82) is 0 Å². The Kier molecular flexibility index (Phi) is 4.47. The summed E-state index contributed by atoms with van der Waals surface area (Å²) < 4.78 is 15.7. The number of amides is 1. The molecule has 4 rings (SSSR count). The van der Waals surface area contributed by atoms with Gasteiger partial charge in [-0.3, -0.25) is 4.79 Å². The van der Waals surface area contributed by atoms with Crippen molar-refractivity contribution in [3.63, 3.8) is 0 Å². The molecular formula is C19H14N2O5S. The lowest BCUT2D eigenvalue weighted by Gasteiger charge is -2.06. The van der Waals surface area contributed by atoms with Crippen LogP contribution in [0.5, 0.6) is 5.75 Å². The van der Waals surface area contributed by atoms with Gasteiger partial charge in [-0.1, -0.05) is 23.4 Å². The average Bonchev–Trinajstić information content (AvgIpc) is 3.36. The summed E-state index contributed by atoms with van der Waals surface area (Å²) >= 11 is 1.53. The van der Waals surface area contributed by atoms with Gasteiger partial charge >= 0.3 is 5.63 Å². The smallest absolute Gasteiger partial charge is 0.349 e. The van der Waals surface area contributed by atoms with Gasteiger partial charge in [-0.25, -0.2) is 4.79 Å². The molecule has 0 saturated heterocycles. The number of thiophene rings is 1. The number of carbonyl (C=O) groups is 1. The molecule has 1 aromatic carbocycles. The van der Waals surface area contributed by atoms with Crippen molar-refractivity contribution in [3.8, 4) is 16.4 Å². The van der Waals surface area contributed by atoms with Crippen LogP contribution < -0.4 is 15.7 Å². The van der Waals surface area contributed by atoms with E-state index in [4.69, 9.17) is 13.7 Å². The molecular weight excluding hydrogens is 368 g/mol. The summed E-state index contributed by atoms with van der Waals surface area (Å²) in [5, 5.41) is 9.13. The number of aromatic nitrogens is 1. The zero-order valence-corrected chi connectivity index (χ0v) is 15.0. The van der Waals surface area contributed by atoms with Crippen LogP contribution in [0.1, 0.15) is 16.1 Å². The van der Waals surface area contributed by atoms with Crippen LogP contribution in [0, 0.1) is 0 Å². The SMILES string of the molecule is COc1cccc2cc(C(=O)NCc3cc(-c4cccs4)on3)c(=O)oc12. The van der Waals surface area contributed by atoms with Crippen molar-refractivity contribution in [3.05, 3.63) is 69.5 Å². The third-order valence-electron chi connectivity index (χ3n) is 3.94. The first-order valence-corrected chi connectivity index (χ1v) is 8.92. The molecule has 0 unspecified atom stereocenters. The van der Waals surface area contributed by atoms with Crippen LogP contribution in [0.2, 0.25) is 0 Å². The fraction of sp³-hybridized carbons (Fsp3) is 0.105. The first-order valence-electron chi connectivity index (χ1n) is 8.04. The van der Waals surface area contributed by atoms with Gasteiger partial charge in [0.25, 0.3) is 5.91 Å². The van der Waals surface area contributed by atoms with Gasteiger partial charge in [-0.05, 0) is 23.6 Å². The number of nitrogens with one attached hydrogen (secondary N) is 1. The number of carbonyl (C=O) groups excluding carboxylic acids is 1. The Bertz CT molecular complexity index is 1160. The molecule has 0 radical (unpaired) electrons. The van der Waals surface area contributed by atoms with Gasteiger partial charge in [-0.2, -0.15) is 0 Å². The van der Waals surface area contributed by atoms with Crippen molar-refractivity contribution in [2.45, 2.75) is 6.54 Å². The standard InChI is InChI=1S/C19H14N2O5S/c1-24-14-5-2-4-11-8-13(19(23)25-17(11)14)18(22)20-10-12-9-15(26-21-12)16-6-3-7-27-16/h2-9H,10H2,1H3,(H,20,22). The van der Waals surface area contributed by atoms with Crippen LogP contribution >= 0.6 is 11.3 Å². The highest BCUT2D eigenvalue weighted by Crippen LogP contribution is 2.26. The Morgan fingerprint density at radius 1 is 1.26 bits per heavy atom. The van der Waals surface area contributed by atoms with Crippen molar-refractivity contribution >= 4 is 28.2 Å². The van der Waals surface area contributed by atoms with E-state index in [-0.39, 0.29) is 12.1 Å². The van der Waals surface area contributed by atoms with Crippen LogP contribution in [-0.4, -0.2) is 18.2 Å². The molecule has 1 N–H and O–H groups in total. The summed E-state index contributed by atoms with van der Waals surface area (Å²) in [6.45, 7) is 0.128. The van der Waals surface area contributed by atoms with E-state index in [0.717, 1.165) is 4.88 Å². The highest BCUT2D eigenvalue weighted by atomic mass is 32.1. The third kappa shape index (κ3) is 3.34. The van der Waals surface area contributed by atoms with Gasteiger partial charge in [-0.15, -0.1) is 11.3 Å². The highest BCUT2D eigenvalue weighted by Gasteiger charge is 2.16. The van der Waals surface area contributed by atoms with E-state index in [0.29, 0.717) is 28.2 Å². The second-order valence-electron chi connectivity index (χ2n) is 5.67. The minimum atomic E-state index is -0.732. The zero-order valence-electron chi connectivity index (χ0n) is 14.2. The number of hydrogen-bond donors (Lipinski definition) is 1. The van der Waals surface area contributed by atoms with E-state index in [2.05, 4.69) is 10.5 Å². The molecule has 0 aliphatic carbocycles. The number of ether oxygens (including phenoxy) is 1. The molecule has 7 nitrogen and oxygen atoms in total. The predicted molar refractivity (Wildman–Crippen MR) is 100 cm³/mol. The second-order valence-corrected chi connectivity index (χ2v) is 6.62. The highest BCUT2D eigenvalue weighted by molar-refractivity contribution is 7.13. The molecule has 27 heavy (non-hydrogen) atoms. The Hall–Kier alpha value is -3.39. The lowest BCUT2D eigenvalue weighted by Crippen LogP contribution is -2.28. The van der Waals surface area contributed by atoms with Gasteiger partial charge in [0.15, 0.2) is 17.1 Å². The Morgan fingerprint density at radius 2 is 2.15 bits per heavy atom. The third-order valence-corrected chi connectivity index (χ3v) is 4.83. The molecule has 0 aliphatic rings. The molecule has 1 amide bonds. The second kappa shape index (κ2) is 7.08. The molecule has 8 heteroatoms. The van der Waals surface area contributed by atoms with Crippen LogP contribution in [0.3, 0.4) is 0 Å². The molecule has 4 aromatic rings. The van der Waals surface area contributed by atoms with Crippen LogP contribution in [0.25, 0.3) is 21.6 Å². The van der Waals surface area contributed by atoms with Gasteiger partial charge in [0, 0.05) is 11.5 Å². The maximum absolute atomic E-state index is 12.4. The number of nitrogens with zero attached hydrogens (tertiary/aromatic N) is 1. The van der Waals surface area contributed by atoms with Crippen LogP contribution in [0.15, 0.2) is 61.6 Å². The summed E-state index contributed by atoms with van der Waals surface area (Å²) in [6, 6.07) is 12.2. The summed E-state index contributed by atoms with van der Waals surface area (Å²) in [5.74, 6) is 0.515. The first kappa shape index (κ1) is 17.0. The van der Waals surface area contributed by atoms with Crippen molar-refractivity contribution < 1.29 is 18.5 Å². The summed E-state index contributed by atoms with van der Waals surface area (Å²) in [7, 11) is 1.48. The Morgan fingerprint density at radius 3 is 2.93 bits per heavy atom. The number of methoxy groups -OCH3 is 1. The molecule has 0 saturated carbocycles. The first-order chi connectivity index (χ1) is 13.2. The quantitative estimate of drug-likeness (QED) is 0.531. The number of benzene rings is 1. The van der Waals surface area contributed by atoms with Gasteiger partial charge in [0.1, 0.15) is 11.3 Å². The Labute approximate surface area is 157 Å². The number of para-hydroxylation sites is 1. The summed E-state index contributed by atoms with van der Waals surface area (Å²) in [4.78, 5) is 25.6. The Balaban J connectivity index is 1.53. The maximum atomic E-state index is 12.4. The van der Waals surface area contributed by atoms with E-state index in [1.54, 1.807) is 24.3 Å². The fourth-order valence-corrected chi connectivity index (χ4v) is 3.31. The summed E-state index contributed by atoms with van der Waals surface area (Å²) in [6.07, 6.45) is 0. The minimum absolute atomic E-state index is 0.0854. The van der Waals surface area contributed by atoms with E-state index in [1.165, 1.54) is 24.5 Å². The van der Waals surface area contributed by atoms with E-state index in [9.17, 15) is 9.59 Å². The van der Waals surface area contributed by atoms with E-state index < -0.39 is 11.5 Å². The topological polar surface area (TPSA) is 94.6 Å². The van der Waals surface area contributed by atoms with Crippen molar-refractivity contribution in [2.24, 2.45) is 0 Å². The maximum Gasteiger partial charge on any atom is 0.349 e. The number of rotatable bonds is 5. The normalized spacial score (nSPS) is 10.9. The molecule has 3 heterocycles. The number of hydrogen-bond acceptors (Lipinski definition) is 7. The van der Waals surface area contributed by atoms with Crippen LogP contribution in [0.4, 0.5) is 0 Å². The molecule has 136 valence electrons. The van der Waals surface area contributed by atoms with Gasteiger partial charge in [0.05, 0.1) is 18.5 Å². The fourth-order valence-electron chi connectivity index (χ4n) is 2.63. The summed E-state index contributed by atoms with van der Waals surface area (Å²) in [5.41, 5.74) is 0.0406. The average molecular weight is 382 g/mol. The molecule has 3 aromatic heterocycles. The number of fused-ring (bicyclic) bond motifs is 1.